The molecule has 0 bridgehead atoms. The number of nitrogens with one attached hydrogen (secondary N) is 1. The lowest BCUT2D eigenvalue weighted by Gasteiger charge is -2.26. The Balaban J connectivity index is 3.94. The molecule has 0 aromatic heterocycles. The van der Waals surface area contributed by atoms with Crippen LogP contribution in [0.25, 0.3) is 0 Å². The molecule has 0 aliphatic heterocycles. The fourth-order valence-electron chi connectivity index (χ4n) is 1.62. The van der Waals surface area contributed by atoms with E-state index in [2.05, 4.69) is 25.2 Å². The molecule has 4 nitrogen and oxygen atoms in total. The van der Waals surface area contributed by atoms with Crippen molar-refractivity contribution in [2.75, 3.05) is 13.1 Å². The molecule has 0 saturated heterocycles. The molecule has 0 spiro atoms. The molecule has 0 heterocycles. The monoisotopic (exact) mass is 239 g/mol. The van der Waals surface area contributed by atoms with Gasteiger partial charge in [0.15, 0.2) is 0 Å². The summed E-state index contributed by atoms with van der Waals surface area (Å²) >= 11 is 0. The zero-order chi connectivity index (χ0) is 13.3. The average molecular weight is 239 g/mol. The van der Waals surface area contributed by atoms with E-state index in [1.165, 1.54) is 0 Å². The minimum atomic E-state index is 0.154. The van der Waals surface area contributed by atoms with E-state index in [-0.39, 0.29) is 11.9 Å². The van der Waals surface area contributed by atoms with Crippen LogP contribution in [0.5, 0.6) is 0 Å². The van der Waals surface area contributed by atoms with Crippen LogP contribution in [0.4, 0.5) is 0 Å². The topological polar surface area (TPSA) is 56.1 Å². The van der Waals surface area contributed by atoms with E-state index < -0.39 is 0 Å². The Morgan fingerprint density at radius 3 is 2.47 bits per heavy atom. The first-order chi connectivity index (χ1) is 7.99. The SMILES string of the molecule is CC(C)NCCCC(=O)N(CCC#N)C(C)C. The normalized spacial score (nSPS) is 10.6. The van der Waals surface area contributed by atoms with Gasteiger partial charge in [0.2, 0.25) is 5.91 Å². The summed E-state index contributed by atoms with van der Waals surface area (Å²) in [6.45, 7) is 9.58. The molecule has 0 aromatic rings. The van der Waals surface area contributed by atoms with Gasteiger partial charge in [0.25, 0.3) is 0 Å². The molecule has 17 heavy (non-hydrogen) atoms. The van der Waals surface area contributed by atoms with Crippen molar-refractivity contribution in [3.63, 3.8) is 0 Å². The van der Waals surface area contributed by atoms with Crippen LogP contribution in [0.3, 0.4) is 0 Å². The molecular weight excluding hydrogens is 214 g/mol. The van der Waals surface area contributed by atoms with Crippen LogP contribution in [0.15, 0.2) is 0 Å². The van der Waals surface area contributed by atoms with Crippen molar-refractivity contribution < 1.29 is 4.79 Å². The number of rotatable bonds is 8. The zero-order valence-electron chi connectivity index (χ0n) is 11.5. The van der Waals surface area contributed by atoms with Crippen molar-refractivity contribution in [2.24, 2.45) is 0 Å². The highest BCUT2D eigenvalue weighted by atomic mass is 16.2. The van der Waals surface area contributed by atoms with Gasteiger partial charge in [-0.05, 0) is 26.8 Å². The molecule has 0 unspecified atom stereocenters. The maximum Gasteiger partial charge on any atom is 0.222 e. The number of nitrogens with zero attached hydrogens (tertiary/aromatic N) is 2. The number of hydrogen-bond donors (Lipinski definition) is 1. The van der Waals surface area contributed by atoms with Gasteiger partial charge < -0.3 is 10.2 Å². The van der Waals surface area contributed by atoms with Gasteiger partial charge in [-0.25, -0.2) is 0 Å². The van der Waals surface area contributed by atoms with Crippen LogP contribution >= 0.6 is 0 Å². The second-order valence-corrected chi connectivity index (χ2v) is 4.80. The largest absolute Gasteiger partial charge is 0.339 e. The van der Waals surface area contributed by atoms with Gasteiger partial charge in [-0.2, -0.15) is 5.26 Å². The van der Waals surface area contributed by atoms with Gasteiger partial charge in [0.05, 0.1) is 12.5 Å². The van der Waals surface area contributed by atoms with Crippen molar-refractivity contribution in [2.45, 2.75) is 59.0 Å². The van der Waals surface area contributed by atoms with Crippen LogP contribution in [0.1, 0.15) is 47.0 Å². The summed E-state index contributed by atoms with van der Waals surface area (Å²) in [6.07, 6.45) is 1.82. The predicted molar refractivity (Wildman–Crippen MR) is 69.5 cm³/mol. The molecule has 4 heteroatoms. The lowest BCUT2D eigenvalue weighted by atomic mass is 10.2. The quantitative estimate of drug-likeness (QED) is 0.658. The van der Waals surface area contributed by atoms with E-state index in [9.17, 15) is 4.79 Å². The second-order valence-electron chi connectivity index (χ2n) is 4.80. The number of hydrogen-bond acceptors (Lipinski definition) is 3. The third-order valence-electron chi connectivity index (χ3n) is 2.53. The average Bonchev–Trinajstić information content (AvgIpc) is 2.24. The highest BCUT2D eigenvalue weighted by Crippen LogP contribution is 2.04. The third kappa shape index (κ3) is 7.76. The highest BCUT2D eigenvalue weighted by molar-refractivity contribution is 5.76. The number of amides is 1. The number of carbonyl (C=O) groups excluding carboxylic acids is 1. The number of carbonyl (C=O) groups is 1. The Morgan fingerprint density at radius 1 is 1.35 bits per heavy atom. The van der Waals surface area contributed by atoms with Crippen LogP contribution < -0.4 is 5.32 Å². The van der Waals surface area contributed by atoms with Crippen molar-refractivity contribution in [3.05, 3.63) is 0 Å². The van der Waals surface area contributed by atoms with Gasteiger partial charge in [0, 0.05) is 25.0 Å². The fraction of sp³-hybridized carbons (Fsp3) is 0.846. The summed E-state index contributed by atoms with van der Waals surface area (Å²) in [5.74, 6) is 0.154. The summed E-state index contributed by atoms with van der Waals surface area (Å²) < 4.78 is 0. The van der Waals surface area contributed by atoms with E-state index in [4.69, 9.17) is 5.26 Å². The lowest BCUT2D eigenvalue weighted by molar-refractivity contribution is -0.132. The van der Waals surface area contributed by atoms with Gasteiger partial charge in [0.1, 0.15) is 0 Å². The minimum Gasteiger partial charge on any atom is -0.339 e. The first-order valence-electron chi connectivity index (χ1n) is 6.38. The maximum absolute atomic E-state index is 11.9. The van der Waals surface area contributed by atoms with Crippen LogP contribution in [-0.2, 0) is 4.79 Å². The fourth-order valence-corrected chi connectivity index (χ4v) is 1.62. The van der Waals surface area contributed by atoms with Crippen LogP contribution in [-0.4, -0.2) is 36.0 Å². The molecule has 1 N–H and O–H groups in total. The van der Waals surface area contributed by atoms with Crippen LogP contribution in [0, 0.1) is 11.3 Å². The van der Waals surface area contributed by atoms with Crippen molar-refractivity contribution >= 4 is 5.91 Å². The van der Waals surface area contributed by atoms with Gasteiger partial charge in [-0.1, -0.05) is 13.8 Å². The summed E-state index contributed by atoms with van der Waals surface area (Å²) in [6, 6.07) is 2.72. The molecule has 0 radical (unpaired) electrons. The molecule has 0 rings (SSSR count). The summed E-state index contributed by atoms with van der Waals surface area (Å²) in [4.78, 5) is 13.7. The first-order valence-corrected chi connectivity index (χ1v) is 6.38. The Hall–Kier alpha value is -1.08. The van der Waals surface area contributed by atoms with E-state index in [0.29, 0.717) is 25.4 Å². The van der Waals surface area contributed by atoms with Crippen LogP contribution in [0.2, 0.25) is 0 Å². The van der Waals surface area contributed by atoms with E-state index in [0.717, 1.165) is 13.0 Å². The Kier molecular flexibility index (Phi) is 8.43. The molecular formula is C13H25N3O. The first kappa shape index (κ1) is 15.9. The van der Waals surface area contributed by atoms with E-state index in [1.54, 1.807) is 4.90 Å². The minimum absolute atomic E-state index is 0.154. The van der Waals surface area contributed by atoms with Gasteiger partial charge in [-0.3, -0.25) is 4.79 Å². The molecule has 98 valence electrons. The van der Waals surface area contributed by atoms with Gasteiger partial charge in [-0.15, -0.1) is 0 Å². The second kappa shape index (κ2) is 9.00. The number of nitriles is 1. The third-order valence-corrected chi connectivity index (χ3v) is 2.53. The zero-order valence-corrected chi connectivity index (χ0v) is 11.5. The molecule has 0 aromatic carbocycles. The summed E-state index contributed by atoms with van der Waals surface area (Å²) in [7, 11) is 0. The van der Waals surface area contributed by atoms with Crippen molar-refractivity contribution in [1.82, 2.24) is 10.2 Å². The molecule has 0 fully saturated rings. The molecule has 0 aliphatic rings. The molecule has 0 aliphatic carbocycles. The smallest absolute Gasteiger partial charge is 0.222 e. The van der Waals surface area contributed by atoms with E-state index >= 15 is 0 Å². The molecule has 0 atom stereocenters. The van der Waals surface area contributed by atoms with Crippen molar-refractivity contribution in [1.29, 1.82) is 5.26 Å². The van der Waals surface area contributed by atoms with E-state index in [1.807, 2.05) is 13.8 Å². The standard InChI is InChI=1S/C13H25N3O/c1-11(2)15-9-5-7-13(17)16(12(3)4)10-6-8-14/h11-12,15H,5-7,9-10H2,1-4H3. The predicted octanol–water partition coefficient (Wildman–Crippen LogP) is 1.92. The lowest BCUT2D eigenvalue weighted by Crippen LogP contribution is -2.38. The summed E-state index contributed by atoms with van der Waals surface area (Å²) in [5, 5.41) is 11.8. The Morgan fingerprint density at radius 2 is 2.00 bits per heavy atom. The highest BCUT2D eigenvalue weighted by Gasteiger charge is 2.15. The Labute approximate surface area is 105 Å². The molecule has 0 saturated carbocycles. The molecule has 1 amide bonds. The maximum atomic E-state index is 11.9. The van der Waals surface area contributed by atoms with Crippen molar-refractivity contribution in [3.8, 4) is 6.07 Å². The van der Waals surface area contributed by atoms with Gasteiger partial charge >= 0.3 is 0 Å². The summed E-state index contributed by atoms with van der Waals surface area (Å²) in [5.41, 5.74) is 0. The Bertz CT molecular complexity index is 256.